The third-order valence-corrected chi connectivity index (χ3v) is 6.69. The minimum atomic E-state index is -1.13. The Hall–Kier alpha value is -3.60. The lowest BCUT2D eigenvalue weighted by atomic mass is 9.97. The van der Waals surface area contributed by atoms with Gasteiger partial charge in [-0.15, -0.1) is 0 Å². The second-order valence-corrected chi connectivity index (χ2v) is 8.93. The number of hydrogen-bond donors (Lipinski definition) is 1. The quantitative estimate of drug-likeness (QED) is 0.361. The summed E-state index contributed by atoms with van der Waals surface area (Å²) in [6.07, 6.45) is -0.0250. The van der Waals surface area contributed by atoms with Crippen molar-refractivity contribution >= 4 is 35.5 Å². The molecule has 2 aliphatic heterocycles. The van der Waals surface area contributed by atoms with Crippen LogP contribution in [0.25, 0.3) is 0 Å². The van der Waals surface area contributed by atoms with Gasteiger partial charge in [-0.25, -0.2) is 4.79 Å². The van der Waals surface area contributed by atoms with Gasteiger partial charge in [0.05, 0.1) is 24.8 Å². The molecule has 0 aromatic heterocycles. The molecule has 1 N–H and O–H groups in total. The van der Waals surface area contributed by atoms with Crippen LogP contribution in [0.5, 0.6) is 0 Å². The predicted molar refractivity (Wildman–Crippen MR) is 128 cm³/mol. The number of piperidine rings is 1. The number of methoxy groups -OCH3 is 1. The number of fused-ring (bicyclic) bond motifs is 1. The number of rotatable bonds is 10. The van der Waals surface area contributed by atoms with E-state index in [-0.39, 0.29) is 43.0 Å². The number of ether oxygens (including phenoxy) is 1. The Balaban J connectivity index is 1.76. The SMILES string of the molecule is CCN(CC)CC(=O)NC(C(=O)OC)C(C)CN1C(=O)CC[C@H](N2C(=O)c3ccccc3C2=O)C1=O. The van der Waals surface area contributed by atoms with Gasteiger partial charge in [-0.05, 0) is 31.6 Å². The first kappa shape index (κ1) is 27.0. The molecule has 0 saturated carbocycles. The Morgan fingerprint density at radius 3 is 2.19 bits per heavy atom. The van der Waals surface area contributed by atoms with Gasteiger partial charge in [0.2, 0.25) is 11.8 Å². The summed E-state index contributed by atoms with van der Waals surface area (Å²) in [6, 6.07) is 4.09. The molecule has 1 saturated heterocycles. The lowest BCUT2D eigenvalue weighted by Gasteiger charge is -2.36. The summed E-state index contributed by atoms with van der Waals surface area (Å²) in [5.41, 5.74) is 0.433. The van der Waals surface area contributed by atoms with Crippen molar-refractivity contribution in [2.24, 2.45) is 5.92 Å². The summed E-state index contributed by atoms with van der Waals surface area (Å²) < 4.78 is 4.85. The van der Waals surface area contributed by atoms with Crippen LogP contribution < -0.4 is 5.32 Å². The molecule has 2 unspecified atom stereocenters. The predicted octanol–water partition coefficient (Wildman–Crippen LogP) is 0.436. The molecule has 36 heavy (non-hydrogen) atoms. The number of nitrogens with one attached hydrogen (secondary N) is 1. The first-order valence-electron chi connectivity index (χ1n) is 12.0. The Kier molecular flexibility index (Phi) is 8.57. The monoisotopic (exact) mass is 500 g/mol. The number of carbonyl (C=O) groups excluding carboxylic acids is 6. The van der Waals surface area contributed by atoms with Crippen molar-refractivity contribution in [1.29, 1.82) is 0 Å². The fourth-order valence-corrected chi connectivity index (χ4v) is 4.57. The maximum atomic E-state index is 13.4. The van der Waals surface area contributed by atoms with Gasteiger partial charge in [-0.1, -0.05) is 32.9 Å². The van der Waals surface area contributed by atoms with Crippen molar-refractivity contribution in [2.75, 3.05) is 33.3 Å². The highest BCUT2D eigenvalue weighted by Crippen LogP contribution is 2.29. The van der Waals surface area contributed by atoms with E-state index in [1.165, 1.54) is 19.2 Å². The number of esters is 1. The molecule has 2 aliphatic rings. The molecule has 5 amide bonds. The zero-order chi connectivity index (χ0) is 26.6. The molecule has 11 nitrogen and oxygen atoms in total. The molecule has 3 rings (SSSR count). The number of amides is 5. The summed E-state index contributed by atoms with van der Waals surface area (Å²) in [4.78, 5) is 80.6. The van der Waals surface area contributed by atoms with Crippen molar-refractivity contribution in [2.45, 2.75) is 45.7 Å². The normalized spacial score (nSPS) is 19.4. The van der Waals surface area contributed by atoms with Crippen LogP contribution in [0, 0.1) is 5.92 Å². The molecule has 0 aliphatic carbocycles. The van der Waals surface area contributed by atoms with Crippen LogP contribution in [0.15, 0.2) is 24.3 Å². The van der Waals surface area contributed by atoms with Crippen LogP contribution in [0.1, 0.15) is 54.3 Å². The van der Waals surface area contributed by atoms with Crippen molar-refractivity contribution in [1.82, 2.24) is 20.0 Å². The lowest BCUT2D eigenvalue weighted by molar-refractivity contribution is -0.154. The highest BCUT2D eigenvalue weighted by Gasteiger charge is 2.47. The van der Waals surface area contributed by atoms with Crippen LogP contribution >= 0.6 is 0 Å². The highest BCUT2D eigenvalue weighted by atomic mass is 16.5. The van der Waals surface area contributed by atoms with Gasteiger partial charge >= 0.3 is 5.97 Å². The number of nitrogens with zero attached hydrogens (tertiary/aromatic N) is 3. The maximum absolute atomic E-state index is 13.4. The van der Waals surface area contributed by atoms with Crippen LogP contribution in [0.2, 0.25) is 0 Å². The summed E-state index contributed by atoms with van der Waals surface area (Å²) >= 11 is 0. The van der Waals surface area contributed by atoms with Crippen LogP contribution in [0.3, 0.4) is 0 Å². The third-order valence-electron chi connectivity index (χ3n) is 6.69. The third kappa shape index (κ3) is 5.30. The molecule has 11 heteroatoms. The van der Waals surface area contributed by atoms with Gasteiger partial charge in [0.25, 0.3) is 17.7 Å². The summed E-state index contributed by atoms with van der Waals surface area (Å²) in [7, 11) is 1.19. The maximum Gasteiger partial charge on any atom is 0.328 e. The smallest absolute Gasteiger partial charge is 0.328 e. The zero-order valence-corrected chi connectivity index (χ0v) is 21.0. The standard InChI is InChI=1S/C25H32N4O7/c1-5-27(6-2)14-19(30)26-21(25(35)36-4)15(3)13-28-20(31)12-11-18(24(28)34)29-22(32)16-9-7-8-10-17(16)23(29)33/h7-10,15,18,21H,5-6,11-14H2,1-4H3,(H,26,30)/t15?,18-,21?/m0/s1. The van der Waals surface area contributed by atoms with Crippen molar-refractivity contribution in [3.63, 3.8) is 0 Å². The second-order valence-electron chi connectivity index (χ2n) is 8.93. The van der Waals surface area contributed by atoms with Gasteiger partial charge in [0.15, 0.2) is 0 Å². The van der Waals surface area contributed by atoms with Gasteiger partial charge in [0, 0.05) is 18.9 Å². The molecule has 194 valence electrons. The molecule has 0 radical (unpaired) electrons. The van der Waals surface area contributed by atoms with E-state index in [0.29, 0.717) is 13.1 Å². The minimum absolute atomic E-state index is 0.0229. The van der Waals surface area contributed by atoms with Crippen molar-refractivity contribution < 1.29 is 33.5 Å². The number of benzene rings is 1. The van der Waals surface area contributed by atoms with Crippen LogP contribution in [-0.4, -0.2) is 95.6 Å². The molecule has 2 heterocycles. The summed E-state index contributed by atoms with van der Waals surface area (Å²) in [5.74, 6) is -4.10. The number of imide groups is 2. The van der Waals surface area contributed by atoms with Crippen LogP contribution in [0.4, 0.5) is 0 Å². The minimum Gasteiger partial charge on any atom is -0.467 e. The zero-order valence-electron chi connectivity index (χ0n) is 21.0. The Bertz CT molecular complexity index is 1030. The van der Waals surface area contributed by atoms with E-state index in [2.05, 4.69) is 5.32 Å². The van der Waals surface area contributed by atoms with Crippen molar-refractivity contribution in [3.8, 4) is 0 Å². The summed E-state index contributed by atoms with van der Waals surface area (Å²) in [6.45, 7) is 6.63. The Morgan fingerprint density at radius 1 is 1.08 bits per heavy atom. The first-order valence-corrected chi connectivity index (χ1v) is 12.0. The fourth-order valence-electron chi connectivity index (χ4n) is 4.57. The number of likely N-dealkylation sites (tertiary alicyclic amines) is 1. The summed E-state index contributed by atoms with van der Waals surface area (Å²) in [5, 5.41) is 2.66. The van der Waals surface area contributed by atoms with E-state index in [0.717, 1.165) is 9.80 Å². The molecule has 1 aromatic rings. The average molecular weight is 501 g/mol. The Morgan fingerprint density at radius 2 is 1.67 bits per heavy atom. The number of carbonyl (C=O) groups is 6. The second kappa shape index (κ2) is 11.4. The van der Waals surface area contributed by atoms with E-state index in [4.69, 9.17) is 4.74 Å². The first-order chi connectivity index (χ1) is 17.1. The Labute approximate surface area is 209 Å². The van der Waals surface area contributed by atoms with E-state index in [1.54, 1.807) is 19.1 Å². The molecule has 1 fully saturated rings. The molecular formula is C25H32N4O7. The average Bonchev–Trinajstić information content (AvgIpc) is 3.13. The largest absolute Gasteiger partial charge is 0.467 e. The molecule has 0 spiro atoms. The fraction of sp³-hybridized carbons (Fsp3) is 0.520. The van der Waals surface area contributed by atoms with E-state index < -0.39 is 47.6 Å². The topological polar surface area (TPSA) is 133 Å². The van der Waals surface area contributed by atoms with E-state index in [1.807, 2.05) is 18.7 Å². The molecule has 3 atom stereocenters. The van der Waals surface area contributed by atoms with Gasteiger partial charge in [-0.3, -0.25) is 38.7 Å². The molecule has 0 bridgehead atoms. The van der Waals surface area contributed by atoms with Crippen LogP contribution in [-0.2, 0) is 23.9 Å². The molecular weight excluding hydrogens is 468 g/mol. The van der Waals surface area contributed by atoms with Crippen molar-refractivity contribution in [3.05, 3.63) is 35.4 Å². The highest BCUT2D eigenvalue weighted by molar-refractivity contribution is 6.23. The number of likely N-dealkylation sites (N-methyl/N-ethyl adjacent to an activating group) is 1. The molecule has 1 aromatic carbocycles. The van der Waals surface area contributed by atoms with Gasteiger partial charge in [0.1, 0.15) is 12.1 Å². The van der Waals surface area contributed by atoms with Gasteiger partial charge < -0.3 is 10.1 Å². The van der Waals surface area contributed by atoms with Gasteiger partial charge in [-0.2, -0.15) is 0 Å². The van der Waals surface area contributed by atoms with E-state index >= 15 is 0 Å². The number of hydrogen-bond acceptors (Lipinski definition) is 8. The lowest BCUT2D eigenvalue weighted by Crippen LogP contribution is -2.58. The van der Waals surface area contributed by atoms with E-state index in [9.17, 15) is 28.8 Å².